The van der Waals surface area contributed by atoms with Gasteiger partial charge in [0.2, 0.25) is 11.8 Å². The minimum atomic E-state index is 0.0375. The molecule has 7 heteroatoms. The van der Waals surface area contributed by atoms with E-state index in [1.807, 2.05) is 6.92 Å². The lowest BCUT2D eigenvalue weighted by Gasteiger charge is -2.30. The molecule has 3 fully saturated rings. The first-order valence-corrected chi connectivity index (χ1v) is 13.7. The highest BCUT2D eigenvalue weighted by Crippen LogP contribution is 2.34. The molecule has 1 aromatic heterocycles. The molecular formula is C28H45N4O2S+. The van der Waals surface area contributed by atoms with Crippen LogP contribution in [0.15, 0.2) is 0 Å². The summed E-state index contributed by atoms with van der Waals surface area (Å²) in [6.45, 7) is 7.71. The largest absolute Gasteiger partial charge is 0.345 e. The monoisotopic (exact) mass is 501 g/mol. The maximum atomic E-state index is 13.1. The highest BCUT2D eigenvalue weighted by atomic mass is 32.1. The van der Waals surface area contributed by atoms with Crippen molar-refractivity contribution in [1.29, 1.82) is 0 Å². The maximum absolute atomic E-state index is 13.1. The zero-order valence-electron chi connectivity index (χ0n) is 22.0. The summed E-state index contributed by atoms with van der Waals surface area (Å²) in [4.78, 5) is 34.3. The number of amides is 2. The number of nitrogens with two attached hydrogens (primary N) is 1. The topological polar surface area (TPSA) is 70.1 Å². The van der Waals surface area contributed by atoms with E-state index >= 15 is 0 Å². The van der Waals surface area contributed by atoms with Crippen molar-refractivity contribution < 1.29 is 14.9 Å². The Labute approximate surface area is 217 Å². The number of hydrogen-bond acceptors (Lipinski definition) is 4. The quantitative estimate of drug-likeness (QED) is 0.642. The van der Waals surface area contributed by atoms with Gasteiger partial charge in [0.25, 0.3) is 0 Å². The number of aromatic nitrogens is 1. The molecule has 35 heavy (non-hydrogen) atoms. The number of rotatable bonds is 4. The third-order valence-electron chi connectivity index (χ3n) is 6.91. The standard InChI is InChI=1S/C18H28N4O2S.C6H12.2C2H2/c1-12-20-16(11-21(3)13(2)23)17(25-12)14-9-19-10-15(14)18(24)22-7-5-4-6-8-22;1-2-4-6-5-3-1;2*1-2/h14-15,19H,4-11H2,1-3H3;1-6H2;2*1-2H/p+1/t14-,15?;;;/m1.../s1. The van der Waals surface area contributed by atoms with Gasteiger partial charge in [-0.15, -0.1) is 37.0 Å². The van der Waals surface area contributed by atoms with Gasteiger partial charge >= 0.3 is 0 Å². The second-order valence-electron chi connectivity index (χ2n) is 9.40. The summed E-state index contributed by atoms with van der Waals surface area (Å²) in [7, 11) is 1.80. The lowest BCUT2D eigenvalue weighted by atomic mass is 9.91. The van der Waals surface area contributed by atoms with E-state index in [0.29, 0.717) is 12.5 Å². The zero-order valence-corrected chi connectivity index (χ0v) is 22.8. The van der Waals surface area contributed by atoms with Crippen molar-refractivity contribution in [3.8, 4) is 25.7 Å². The van der Waals surface area contributed by atoms with E-state index in [1.165, 1.54) is 49.8 Å². The second kappa shape index (κ2) is 17.1. The second-order valence-corrected chi connectivity index (χ2v) is 10.6. The number of carbonyl (C=O) groups is 2. The number of hydrogen-bond donors (Lipinski definition) is 1. The molecule has 2 aliphatic heterocycles. The van der Waals surface area contributed by atoms with Gasteiger partial charge in [-0.3, -0.25) is 9.59 Å². The Morgan fingerprint density at radius 2 is 1.49 bits per heavy atom. The van der Waals surface area contributed by atoms with Crippen LogP contribution in [0.5, 0.6) is 0 Å². The van der Waals surface area contributed by atoms with Gasteiger partial charge in [-0.2, -0.15) is 0 Å². The highest BCUT2D eigenvalue weighted by molar-refractivity contribution is 7.11. The van der Waals surface area contributed by atoms with Crippen molar-refractivity contribution in [2.45, 2.75) is 84.1 Å². The number of likely N-dealkylation sites (tertiary alicyclic amines) is 1. The van der Waals surface area contributed by atoms with Gasteiger partial charge in [-0.1, -0.05) is 38.5 Å². The molecule has 6 nitrogen and oxygen atoms in total. The van der Waals surface area contributed by atoms with E-state index in [1.54, 1.807) is 30.2 Å². The summed E-state index contributed by atoms with van der Waals surface area (Å²) >= 11 is 1.69. The summed E-state index contributed by atoms with van der Waals surface area (Å²) in [5.41, 5.74) is 0.969. The summed E-state index contributed by atoms with van der Waals surface area (Å²) in [5, 5.41) is 3.27. The number of terminal acetylenes is 2. The molecule has 0 radical (unpaired) electrons. The van der Waals surface area contributed by atoms with Gasteiger partial charge in [-0.05, 0) is 26.2 Å². The first-order valence-electron chi connectivity index (χ1n) is 12.9. The van der Waals surface area contributed by atoms with Crippen LogP contribution in [0.1, 0.15) is 86.2 Å². The summed E-state index contributed by atoms with van der Waals surface area (Å²) in [6, 6.07) is 0. The molecule has 3 aliphatic rings. The summed E-state index contributed by atoms with van der Waals surface area (Å²) in [5.74, 6) is 0.612. The van der Waals surface area contributed by atoms with E-state index in [0.717, 1.165) is 49.7 Å². The molecule has 1 aromatic rings. The van der Waals surface area contributed by atoms with Crippen molar-refractivity contribution in [3.05, 3.63) is 15.6 Å². The first-order chi connectivity index (χ1) is 17.0. The predicted molar refractivity (Wildman–Crippen MR) is 145 cm³/mol. The maximum Gasteiger partial charge on any atom is 0.232 e. The van der Waals surface area contributed by atoms with Crippen molar-refractivity contribution >= 4 is 23.2 Å². The Balaban J connectivity index is 0.000000519. The molecule has 1 aliphatic carbocycles. The number of thiazole rings is 1. The third-order valence-corrected chi connectivity index (χ3v) is 8.05. The molecular weight excluding hydrogens is 456 g/mol. The molecule has 0 aromatic carbocycles. The number of aryl methyl sites for hydroxylation is 1. The Morgan fingerprint density at radius 3 is 2.00 bits per heavy atom. The molecule has 0 bridgehead atoms. The fourth-order valence-electron chi connectivity index (χ4n) is 4.98. The molecule has 194 valence electrons. The van der Waals surface area contributed by atoms with E-state index < -0.39 is 0 Å². The van der Waals surface area contributed by atoms with Crippen molar-refractivity contribution in [1.82, 2.24) is 14.8 Å². The fraction of sp³-hybridized carbons (Fsp3) is 0.679. The van der Waals surface area contributed by atoms with Crippen LogP contribution in [0.4, 0.5) is 0 Å². The number of carbonyl (C=O) groups excluding carboxylic acids is 2. The fourth-order valence-corrected chi connectivity index (χ4v) is 6.09. The smallest absolute Gasteiger partial charge is 0.232 e. The van der Waals surface area contributed by atoms with E-state index in [2.05, 4.69) is 40.9 Å². The van der Waals surface area contributed by atoms with Crippen molar-refractivity contribution in [2.24, 2.45) is 5.92 Å². The van der Waals surface area contributed by atoms with E-state index in [-0.39, 0.29) is 17.7 Å². The van der Waals surface area contributed by atoms with Gasteiger partial charge in [-0.25, -0.2) is 4.98 Å². The molecule has 2 atom stereocenters. The van der Waals surface area contributed by atoms with Crippen LogP contribution in [-0.2, 0) is 16.1 Å². The average Bonchev–Trinajstić information content (AvgIpc) is 3.54. The molecule has 2 saturated heterocycles. The number of piperidine rings is 1. The average molecular weight is 502 g/mol. The number of nitrogens with zero attached hydrogens (tertiary/aromatic N) is 3. The molecule has 3 heterocycles. The summed E-state index contributed by atoms with van der Waals surface area (Å²) < 4.78 is 0. The molecule has 0 spiro atoms. The predicted octanol–water partition coefficient (Wildman–Crippen LogP) is 3.56. The Morgan fingerprint density at radius 1 is 0.971 bits per heavy atom. The van der Waals surface area contributed by atoms with Crippen LogP contribution in [0, 0.1) is 38.5 Å². The van der Waals surface area contributed by atoms with Crippen molar-refractivity contribution in [2.75, 3.05) is 33.2 Å². The Bertz CT molecular complexity index is 789. The molecule has 2 amide bonds. The van der Waals surface area contributed by atoms with E-state index in [9.17, 15) is 9.59 Å². The molecule has 1 unspecified atom stereocenters. The number of quaternary nitrogens is 1. The SMILES string of the molecule is C#C.C#C.C1CCCCC1.CC(=O)N(C)Cc1nc(C)sc1[C@@H]1C[NH2+]CC1C(=O)N1CCCCC1. The van der Waals surface area contributed by atoms with Crippen LogP contribution in [0.3, 0.4) is 0 Å². The van der Waals surface area contributed by atoms with E-state index in [4.69, 9.17) is 0 Å². The van der Waals surface area contributed by atoms with Gasteiger partial charge in [0.15, 0.2) is 0 Å². The normalized spacial score (nSPS) is 21.2. The van der Waals surface area contributed by atoms with Crippen LogP contribution in [-0.4, -0.2) is 59.8 Å². The van der Waals surface area contributed by atoms with Gasteiger partial charge < -0.3 is 15.1 Å². The van der Waals surface area contributed by atoms with Gasteiger partial charge in [0.1, 0.15) is 5.92 Å². The minimum absolute atomic E-state index is 0.0375. The lowest BCUT2D eigenvalue weighted by Crippen LogP contribution is -2.81. The third kappa shape index (κ3) is 9.67. The van der Waals surface area contributed by atoms with Crippen molar-refractivity contribution in [3.63, 3.8) is 0 Å². The Hall–Kier alpha value is -2.35. The minimum Gasteiger partial charge on any atom is -0.345 e. The van der Waals surface area contributed by atoms with Crippen LogP contribution in [0.2, 0.25) is 0 Å². The van der Waals surface area contributed by atoms with Crippen LogP contribution >= 0.6 is 11.3 Å². The lowest BCUT2D eigenvalue weighted by molar-refractivity contribution is -0.638. The highest BCUT2D eigenvalue weighted by Gasteiger charge is 2.41. The zero-order chi connectivity index (χ0) is 26.2. The van der Waals surface area contributed by atoms with Gasteiger partial charge in [0.05, 0.1) is 36.3 Å². The van der Waals surface area contributed by atoms with Gasteiger partial charge in [0, 0.05) is 31.9 Å². The van der Waals surface area contributed by atoms with Crippen LogP contribution in [0.25, 0.3) is 0 Å². The molecule has 2 N–H and O–H groups in total. The first kappa shape index (κ1) is 30.7. The molecule has 4 rings (SSSR count). The van der Waals surface area contributed by atoms with Crippen LogP contribution < -0.4 is 5.32 Å². The summed E-state index contributed by atoms with van der Waals surface area (Å²) in [6.07, 6.45) is 28.5. The molecule has 1 saturated carbocycles. The Kier molecular flexibility index (Phi) is 15.0.